The topological polar surface area (TPSA) is 58.6 Å². The molecule has 0 aliphatic carbocycles. The van der Waals surface area contributed by atoms with Crippen molar-refractivity contribution in [1.29, 1.82) is 0 Å². The molecule has 1 aliphatic heterocycles. The minimum Gasteiger partial charge on any atom is -0.467 e. The van der Waals surface area contributed by atoms with E-state index in [2.05, 4.69) is 10.1 Å². The van der Waals surface area contributed by atoms with Crippen LogP contribution in [-0.2, 0) is 9.53 Å². The van der Waals surface area contributed by atoms with Crippen molar-refractivity contribution < 1.29 is 23.1 Å². The molecule has 0 aromatic heterocycles. The number of ether oxygens (including phenoxy) is 1. The van der Waals surface area contributed by atoms with Gasteiger partial charge in [0.25, 0.3) is 0 Å². The lowest BCUT2D eigenvalue weighted by Gasteiger charge is -2.33. The fourth-order valence-corrected chi connectivity index (χ4v) is 2.33. The molecule has 1 heterocycles. The van der Waals surface area contributed by atoms with Crippen molar-refractivity contribution >= 4 is 17.7 Å². The number of anilines is 1. The van der Waals surface area contributed by atoms with Gasteiger partial charge in [0.1, 0.15) is 17.7 Å². The second kappa shape index (κ2) is 6.51. The van der Waals surface area contributed by atoms with E-state index in [0.717, 1.165) is 25.0 Å². The van der Waals surface area contributed by atoms with Crippen LogP contribution in [-0.4, -0.2) is 36.6 Å². The largest absolute Gasteiger partial charge is 0.467 e. The van der Waals surface area contributed by atoms with Crippen LogP contribution in [0.4, 0.5) is 19.3 Å². The lowest BCUT2D eigenvalue weighted by Crippen LogP contribution is -2.50. The molecule has 1 unspecified atom stereocenters. The fraction of sp³-hybridized carbons (Fsp3) is 0.429. The number of amides is 2. The van der Waals surface area contributed by atoms with E-state index in [0.29, 0.717) is 19.0 Å². The van der Waals surface area contributed by atoms with Crippen molar-refractivity contribution in [2.24, 2.45) is 0 Å². The van der Waals surface area contributed by atoms with E-state index in [-0.39, 0.29) is 5.69 Å². The summed E-state index contributed by atoms with van der Waals surface area (Å²) >= 11 is 0. The summed E-state index contributed by atoms with van der Waals surface area (Å²) in [6.45, 7) is 0.383. The first-order valence-electron chi connectivity index (χ1n) is 6.63. The summed E-state index contributed by atoms with van der Waals surface area (Å²) in [6, 6.07) is 1.60. The third-order valence-electron chi connectivity index (χ3n) is 3.41. The quantitative estimate of drug-likeness (QED) is 0.854. The molecular weight excluding hydrogens is 282 g/mol. The Morgan fingerprint density at radius 2 is 2.10 bits per heavy atom. The number of piperidine rings is 1. The van der Waals surface area contributed by atoms with Gasteiger partial charge in [-0.15, -0.1) is 0 Å². The third-order valence-corrected chi connectivity index (χ3v) is 3.41. The summed E-state index contributed by atoms with van der Waals surface area (Å²) in [5.41, 5.74) is -0.129. The van der Waals surface area contributed by atoms with Crippen molar-refractivity contribution in [3.05, 3.63) is 29.8 Å². The van der Waals surface area contributed by atoms with Gasteiger partial charge in [-0.25, -0.2) is 18.4 Å². The van der Waals surface area contributed by atoms with Crippen LogP contribution in [0.25, 0.3) is 0 Å². The highest BCUT2D eigenvalue weighted by atomic mass is 19.1. The van der Waals surface area contributed by atoms with Crippen LogP contribution in [0.1, 0.15) is 19.3 Å². The normalized spacial score (nSPS) is 18.2. The van der Waals surface area contributed by atoms with E-state index in [1.165, 1.54) is 12.0 Å². The molecule has 1 aromatic rings. The Morgan fingerprint density at radius 3 is 2.76 bits per heavy atom. The van der Waals surface area contributed by atoms with Crippen LogP contribution in [0.15, 0.2) is 18.2 Å². The van der Waals surface area contributed by atoms with E-state index < -0.39 is 29.7 Å². The molecule has 7 heteroatoms. The number of halogens is 2. The predicted molar refractivity (Wildman–Crippen MR) is 71.7 cm³/mol. The number of hydrogen-bond donors (Lipinski definition) is 1. The summed E-state index contributed by atoms with van der Waals surface area (Å²) in [4.78, 5) is 25.2. The number of carbonyl (C=O) groups excluding carboxylic acids is 2. The van der Waals surface area contributed by atoms with E-state index in [1.807, 2.05) is 0 Å². The minimum absolute atomic E-state index is 0.129. The summed E-state index contributed by atoms with van der Waals surface area (Å²) in [5, 5.41) is 2.35. The number of nitrogens with one attached hydrogen (secondary N) is 1. The second-order valence-electron chi connectivity index (χ2n) is 4.78. The van der Waals surface area contributed by atoms with Crippen LogP contribution in [0.2, 0.25) is 0 Å². The van der Waals surface area contributed by atoms with Crippen molar-refractivity contribution in [2.75, 3.05) is 19.0 Å². The number of likely N-dealkylation sites (tertiary alicyclic amines) is 1. The van der Waals surface area contributed by atoms with Gasteiger partial charge in [0.15, 0.2) is 0 Å². The molecule has 0 radical (unpaired) electrons. The Hall–Kier alpha value is -2.18. The molecule has 1 fully saturated rings. The number of urea groups is 1. The molecule has 0 bridgehead atoms. The maximum atomic E-state index is 13.5. The molecule has 114 valence electrons. The van der Waals surface area contributed by atoms with Crippen LogP contribution in [0, 0.1) is 11.6 Å². The summed E-state index contributed by atoms with van der Waals surface area (Å²) in [5.74, 6) is -2.09. The second-order valence-corrected chi connectivity index (χ2v) is 4.78. The van der Waals surface area contributed by atoms with E-state index in [9.17, 15) is 18.4 Å². The Morgan fingerprint density at radius 1 is 1.33 bits per heavy atom. The zero-order valence-electron chi connectivity index (χ0n) is 11.6. The van der Waals surface area contributed by atoms with Crippen LogP contribution in [0.3, 0.4) is 0 Å². The monoisotopic (exact) mass is 298 g/mol. The maximum Gasteiger partial charge on any atom is 0.328 e. The lowest BCUT2D eigenvalue weighted by atomic mass is 10.0. The minimum atomic E-state index is -0.866. The van der Waals surface area contributed by atoms with Crippen molar-refractivity contribution in [3.8, 4) is 0 Å². The van der Waals surface area contributed by atoms with Gasteiger partial charge >= 0.3 is 12.0 Å². The fourth-order valence-electron chi connectivity index (χ4n) is 2.33. The first-order chi connectivity index (χ1) is 10.0. The van der Waals surface area contributed by atoms with Crippen molar-refractivity contribution in [3.63, 3.8) is 0 Å². The molecule has 1 aliphatic rings. The van der Waals surface area contributed by atoms with E-state index >= 15 is 0 Å². The highest BCUT2D eigenvalue weighted by molar-refractivity contribution is 5.92. The smallest absolute Gasteiger partial charge is 0.328 e. The first-order valence-corrected chi connectivity index (χ1v) is 6.63. The van der Waals surface area contributed by atoms with Crippen molar-refractivity contribution in [1.82, 2.24) is 4.90 Å². The van der Waals surface area contributed by atoms with Gasteiger partial charge in [0.2, 0.25) is 0 Å². The number of methoxy groups -OCH3 is 1. The Balaban J connectivity index is 2.12. The molecule has 5 nitrogen and oxygen atoms in total. The summed E-state index contributed by atoms with van der Waals surface area (Å²) in [6.07, 6.45) is 2.08. The average Bonchev–Trinajstić information content (AvgIpc) is 2.49. The first kappa shape index (κ1) is 15.2. The zero-order chi connectivity index (χ0) is 15.4. The zero-order valence-corrected chi connectivity index (χ0v) is 11.6. The molecule has 2 amide bonds. The van der Waals surface area contributed by atoms with E-state index in [1.54, 1.807) is 0 Å². The summed E-state index contributed by atoms with van der Waals surface area (Å²) < 4.78 is 31.0. The number of nitrogens with zero attached hydrogens (tertiary/aromatic N) is 1. The summed E-state index contributed by atoms with van der Waals surface area (Å²) in [7, 11) is 1.26. The highest BCUT2D eigenvalue weighted by Crippen LogP contribution is 2.21. The van der Waals surface area contributed by atoms with Gasteiger partial charge in [0, 0.05) is 12.6 Å². The van der Waals surface area contributed by atoms with Gasteiger partial charge < -0.3 is 15.0 Å². The number of hydrogen-bond acceptors (Lipinski definition) is 3. The van der Waals surface area contributed by atoms with Crippen LogP contribution in [0.5, 0.6) is 0 Å². The predicted octanol–water partition coefficient (Wildman–Crippen LogP) is 2.52. The Kier molecular flexibility index (Phi) is 4.72. The van der Waals surface area contributed by atoms with E-state index in [4.69, 9.17) is 0 Å². The number of carbonyl (C=O) groups is 2. The number of rotatable bonds is 2. The molecule has 21 heavy (non-hydrogen) atoms. The molecular formula is C14H16F2N2O3. The molecule has 1 saturated heterocycles. The van der Waals surface area contributed by atoms with Crippen LogP contribution < -0.4 is 5.32 Å². The SMILES string of the molecule is COC(=O)C1CCCCN1C(=O)Nc1ccc(F)cc1F. The van der Waals surface area contributed by atoms with Gasteiger partial charge in [-0.1, -0.05) is 0 Å². The molecule has 1 atom stereocenters. The third kappa shape index (κ3) is 3.48. The maximum absolute atomic E-state index is 13.5. The van der Waals surface area contributed by atoms with Gasteiger partial charge in [-0.05, 0) is 31.4 Å². The van der Waals surface area contributed by atoms with Gasteiger partial charge in [-0.2, -0.15) is 0 Å². The van der Waals surface area contributed by atoms with Gasteiger partial charge in [0.05, 0.1) is 12.8 Å². The Labute approximate surface area is 120 Å². The van der Waals surface area contributed by atoms with Crippen LogP contribution >= 0.6 is 0 Å². The highest BCUT2D eigenvalue weighted by Gasteiger charge is 2.33. The lowest BCUT2D eigenvalue weighted by molar-refractivity contribution is -0.146. The van der Waals surface area contributed by atoms with Gasteiger partial charge in [-0.3, -0.25) is 0 Å². The standard InChI is InChI=1S/C14H16F2N2O3/c1-21-13(19)12-4-2-3-7-18(12)14(20)17-11-6-5-9(15)8-10(11)16/h5-6,8,12H,2-4,7H2,1H3,(H,17,20). The number of benzene rings is 1. The Bertz CT molecular complexity index is 551. The molecule has 0 spiro atoms. The molecule has 1 N–H and O–H groups in total. The average molecular weight is 298 g/mol. The molecule has 2 rings (SSSR count). The molecule has 1 aromatic carbocycles. The number of esters is 1. The molecule has 0 saturated carbocycles. The van der Waals surface area contributed by atoms with Crippen molar-refractivity contribution in [2.45, 2.75) is 25.3 Å².